The van der Waals surface area contributed by atoms with Gasteiger partial charge in [-0.2, -0.15) is 0 Å². The van der Waals surface area contributed by atoms with Crippen molar-refractivity contribution < 1.29 is 4.79 Å². The van der Waals surface area contributed by atoms with Crippen molar-refractivity contribution >= 4 is 5.91 Å². The number of nitrogens with one attached hydrogen (secondary N) is 2. The first kappa shape index (κ1) is 13.6. The molecule has 1 heterocycles. The minimum atomic E-state index is 0.0713. The number of carbonyl (C=O) groups is 1. The van der Waals surface area contributed by atoms with E-state index in [1.165, 1.54) is 11.1 Å². The summed E-state index contributed by atoms with van der Waals surface area (Å²) in [5.74, 6) is 0.268. The van der Waals surface area contributed by atoms with Crippen molar-refractivity contribution in [1.29, 1.82) is 0 Å². The minimum Gasteiger partial charge on any atom is -0.349 e. The molecule has 2 atom stereocenters. The summed E-state index contributed by atoms with van der Waals surface area (Å²) in [6.07, 6.45) is 7.65. The van der Waals surface area contributed by atoms with Crippen molar-refractivity contribution in [3.05, 3.63) is 53.1 Å². The Morgan fingerprint density at radius 1 is 1.23 bits per heavy atom. The van der Waals surface area contributed by atoms with Gasteiger partial charge in [0.15, 0.2) is 0 Å². The SMILES string of the molecule is O=C(N[C@@H]1CCCc2ccccc21)[C@@H]1CCc2nc[nH]c2C1. The van der Waals surface area contributed by atoms with Crippen molar-refractivity contribution in [2.75, 3.05) is 0 Å². The van der Waals surface area contributed by atoms with Gasteiger partial charge in [0.05, 0.1) is 18.1 Å². The number of fused-ring (bicyclic) bond motifs is 2. The Morgan fingerprint density at radius 3 is 3.09 bits per heavy atom. The number of hydrogen-bond acceptors (Lipinski definition) is 2. The lowest BCUT2D eigenvalue weighted by Crippen LogP contribution is -2.37. The molecule has 22 heavy (non-hydrogen) atoms. The van der Waals surface area contributed by atoms with Crippen LogP contribution in [0.4, 0.5) is 0 Å². The number of aromatic nitrogens is 2. The van der Waals surface area contributed by atoms with Crippen LogP contribution in [0, 0.1) is 5.92 Å². The maximum Gasteiger partial charge on any atom is 0.223 e. The summed E-state index contributed by atoms with van der Waals surface area (Å²) in [5.41, 5.74) is 4.96. The Morgan fingerprint density at radius 2 is 2.14 bits per heavy atom. The van der Waals surface area contributed by atoms with Crippen LogP contribution < -0.4 is 5.32 Å². The van der Waals surface area contributed by atoms with Crippen LogP contribution in [0.5, 0.6) is 0 Å². The summed E-state index contributed by atoms with van der Waals surface area (Å²) in [6.45, 7) is 0. The molecule has 0 unspecified atom stereocenters. The average molecular weight is 295 g/mol. The molecule has 1 aromatic heterocycles. The minimum absolute atomic E-state index is 0.0713. The van der Waals surface area contributed by atoms with E-state index < -0.39 is 0 Å². The number of aryl methyl sites for hydroxylation is 2. The summed E-state index contributed by atoms with van der Waals surface area (Å²) < 4.78 is 0. The lowest BCUT2D eigenvalue weighted by molar-refractivity contribution is -0.126. The fourth-order valence-corrected chi connectivity index (χ4v) is 3.82. The first-order chi connectivity index (χ1) is 10.8. The summed E-state index contributed by atoms with van der Waals surface area (Å²) in [4.78, 5) is 20.1. The van der Waals surface area contributed by atoms with Crippen LogP contribution in [0.15, 0.2) is 30.6 Å². The van der Waals surface area contributed by atoms with E-state index in [2.05, 4.69) is 39.6 Å². The lowest BCUT2D eigenvalue weighted by Gasteiger charge is -2.29. The van der Waals surface area contributed by atoms with E-state index in [-0.39, 0.29) is 17.9 Å². The van der Waals surface area contributed by atoms with Gasteiger partial charge in [-0.1, -0.05) is 24.3 Å². The second kappa shape index (κ2) is 5.59. The normalized spacial score (nSPS) is 23.5. The van der Waals surface area contributed by atoms with E-state index in [9.17, 15) is 4.79 Å². The third-order valence-corrected chi connectivity index (χ3v) is 5.04. The van der Waals surface area contributed by atoms with E-state index in [1.54, 1.807) is 6.33 Å². The molecule has 0 saturated heterocycles. The fourth-order valence-electron chi connectivity index (χ4n) is 3.82. The van der Waals surface area contributed by atoms with Gasteiger partial charge in [0.2, 0.25) is 5.91 Å². The van der Waals surface area contributed by atoms with Gasteiger partial charge in [-0.25, -0.2) is 4.98 Å². The largest absolute Gasteiger partial charge is 0.349 e. The van der Waals surface area contributed by atoms with E-state index in [1.807, 2.05) is 0 Å². The van der Waals surface area contributed by atoms with Gasteiger partial charge < -0.3 is 10.3 Å². The van der Waals surface area contributed by atoms with Gasteiger partial charge >= 0.3 is 0 Å². The number of benzene rings is 1. The molecule has 0 radical (unpaired) electrons. The summed E-state index contributed by atoms with van der Waals surface area (Å²) in [5, 5.41) is 3.29. The predicted octanol–water partition coefficient (Wildman–Crippen LogP) is 2.71. The first-order valence-corrected chi connectivity index (χ1v) is 8.20. The van der Waals surface area contributed by atoms with Crippen molar-refractivity contribution in [1.82, 2.24) is 15.3 Å². The standard InChI is InChI=1S/C18H21N3O/c22-18(13-8-9-16-17(10-13)20-11-19-16)21-15-7-3-5-12-4-1-2-6-14(12)15/h1-2,4,6,11,13,15H,3,5,7-10H2,(H,19,20)(H,21,22)/t13-,15-/m1/s1. The number of hydrogen-bond donors (Lipinski definition) is 2. The van der Waals surface area contributed by atoms with Crippen molar-refractivity contribution in [3.63, 3.8) is 0 Å². The Kier molecular flexibility index (Phi) is 3.45. The number of rotatable bonds is 2. The fraction of sp³-hybridized carbons (Fsp3) is 0.444. The molecular weight excluding hydrogens is 274 g/mol. The molecule has 1 amide bonds. The Labute approximate surface area is 130 Å². The van der Waals surface area contributed by atoms with Gasteiger partial charge in [0.25, 0.3) is 0 Å². The maximum absolute atomic E-state index is 12.7. The molecule has 0 saturated carbocycles. The third kappa shape index (κ3) is 2.43. The quantitative estimate of drug-likeness (QED) is 0.895. The van der Waals surface area contributed by atoms with Crippen LogP contribution in [0.25, 0.3) is 0 Å². The second-order valence-corrected chi connectivity index (χ2v) is 6.42. The molecule has 0 aliphatic heterocycles. The maximum atomic E-state index is 12.7. The number of amides is 1. The van der Waals surface area contributed by atoms with E-state index >= 15 is 0 Å². The number of aromatic amines is 1. The van der Waals surface area contributed by atoms with E-state index in [0.29, 0.717) is 0 Å². The second-order valence-electron chi connectivity index (χ2n) is 6.42. The Bertz CT molecular complexity index is 691. The van der Waals surface area contributed by atoms with Crippen LogP contribution in [-0.2, 0) is 24.1 Å². The molecule has 1 aromatic carbocycles. The Hall–Kier alpha value is -2.10. The topological polar surface area (TPSA) is 57.8 Å². The number of H-pyrrole nitrogens is 1. The zero-order chi connectivity index (χ0) is 14.9. The first-order valence-electron chi connectivity index (χ1n) is 8.20. The molecule has 4 nitrogen and oxygen atoms in total. The van der Waals surface area contributed by atoms with Crippen LogP contribution in [0.2, 0.25) is 0 Å². The molecule has 0 fully saturated rings. The van der Waals surface area contributed by atoms with Crippen molar-refractivity contribution in [3.8, 4) is 0 Å². The summed E-state index contributed by atoms with van der Waals surface area (Å²) in [7, 11) is 0. The molecule has 2 aromatic rings. The predicted molar refractivity (Wildman–Crippen MR) is 84.4 cm³/mol. The average Bonchev–Trinajstić information content (AvgIpc) is 3.02. The highest BCUT2D eigenvalue weighted by Crippen LogP contribution is 2.30. The van der Waals surface area contributed by atoms with E-state index in [4.69, 9.17) is 0 Å². The van der Waals surface area contributed by atoms with E-state index in [0.717, 1.165) is 49.9 Å². The molecule has 114 valence electrons. The monoisotopic (exact) mass is 295 g/mol. The molecule has 4 rings (SSSR count). The number of nitrogens with zero attached hydrogens (tertiary/aromatic N) is 1. The molecule has 2 aliphatic carbocycles. The lowest BCUT2D eigenvalue weighted by atomic mass is 9.85. The van der Waals surface area contributed by atoms with Crippen LogP contribution in [0.1, 0.15) is 47.8 Å². The molecule has 0 spiro atoms. The molecular formula is C18H21N3O. The number of carbonyl (C=O) groups excluding carboxylic acids is 1. The third-order valence-electron chi connectivity index (χ3n) is 5.04. The van der Waals surface area contributed by atoms with Crippen molar-refractivity contribution in [2.45, 2.75) is 44.6 Å². The van der Waals surface area contributed by atoms with Gasteiger partial charge in [-0.15, -0.1) is 0 Å². The molecule has 4 heteroatoms. The van der Waals surface area contributed by atoms with Gasteiger partial charge in [-0.05, 0) is 43.2 Å². The Balaban J connectivity index is 1.47. The van der Waals surface area contributed by atoms with Crippen LogP contribution >= 0.6 is 0 Å². The molecule has 2 N–H and O–H groups in total. The zero-order valence-corrected chi connectivity index (χ0v) is 12.6. The van der Waals surface area contributed by atoms with Crippen LogP contribution in [0.3, 0.4) is 0 Å². The summed E-state index contributed by atoms with van der Waals surface area (Å²) in [6, 6.07) is 8.68. The smallest absolute Gasteiger partial charge is 0.223 e. The van der Waals surface area contributed by atoms with Crippen molar-refractivity contribution in [2.24, 2.45) is 5.92 Å². The van der Waals surface area contributed by atoms with Gasteiger partial charge in [0, 0.05) is 18.0 Å². The molecule has 0 bridgehead atoms. The molecule has 2 aliphatic rings. The van der Waals surface area contributed by atoms with Gasteiger partial charge in [-0.3, -0.25) is 4.79 Å². The number of imidazole rings is 1. The highest BCUT2D eigenvalue weighted by Gasteiger charge is 2.29. The zero-order valence-electron chi connectivity index (χ0n) is 12.6. The highest BCUT2D eigenvalue weighted by molar-refractivity contribution is 5.79. The van der Waals surface area contributed by atoms with Crippen LogP contribution in [-0.4, -0.2) is 15.9 Å². The summed E-state index contributed by atoms with van der Waals surface area (Å²) >= 11 is 0. The highest BCUT2D eigenvalue weighted by atomic mass is 16.1. The van der Waals surface area contributed by atoms with Gasteiger partial charge in [0.1, 0.15) is 0 Å².